The number of hydrogen-bond acceptors (Lipinski definition) is 4. The summed E-state index contributed by atoms with van der Waals surface area (Å²) < 4.78 is 0. The number of hydrogen-bond donors (Lipinski definition) is 2. The third-order valence-corrected chi connectivity index (χ3v) is 1.12. The van der Waals surface area contributed by atoms with Crippen molar-refractivity contribution in [3.05, 3.63) is 17.2 Å². The van der Waals surface area contributed by atoms with E-state index in [4.69, 9.17) is 15.6 Å². The number of carbonyl (C=O) groups is 1. The van der Waals surface area contributed by atoms with Gasteiger partial charge in [-0.2, -0.15) is 10.5 Å². The molecule has 0 unspecified atom stereocenters. The zero-order valence-electron chi connectivity index (χ0n) is 5.70. The summed E-state index contributed by atoms with van der Waals surface area (Å²) in [5.41, 5.74) is -0.329. The average molecular weight is 162 g/mol. The highest BCUT2D eigenvalue weighted by Gasteiger charge is 2.13. The Kier molecular flexibility index (Phi) is 1.76. The molecule has 0 fully saturated rings. The van der Waals surface area contributed by atoms with Crippen LogP contribution in [0.4, 0.5) is 0 Å². The van der Waals surface area contributed by atoms with E-state index in [2.05, 4.69) is 9.97 Å². The van der Waals surface area contributed by atoms with Crippen molar-refractivity contribution < 1.29 is 9.90 Å². The van der Waals surface area contributed by atoms with Gasteiger partial charge in [-0.25, -0.2) is 9.78 Å². The van der Waals surface area contributed by atoms with Gasteiger partial charge in [-0.15, -0.1) is 0 Å². The van der Waals surface area contributed by atoms with Crippen LogP contribution in [0, 0.1) is 22.7 Å². The monoisotopic (exact) mass is 162 g/mol. The molecular weight excluding hydrogens is 160 g/mol. The number of aromatic amines is 1. The number of H-pyrrole nitrogens is 1. The summed E-state index contributed by atoms with van der Waals surface area (Å²) in [7, 11) is 0. The number of carboxylic acids is 1. The van der Waals surface area contributed by atoms with Crippen LogP contribution in [0.2, 0.25) is 0 Å². The Hall–Kier alpha value is -2.34. The number of aromatic carboxylic acids is 1. The van der Waals surface area contributed by atoms with Gasteiger partial charge in [0.05, 0.1) is 0 Å². The smallest absolute Gasteiger partial charge is 0.371 e. The maximum absolute atomic E-state index is 10.3. The summed E-state index contributed by atoms with van der Waals surface area (Å²) in [6.07, 6.45) is 0. The van der Waals surface area contributed by atoms with Crippen LogP contribution in [0.5, 0.6) is 0 Å². The molecule has 1 rings (SSSR count). The maximum Gasteiger partial charge on any atom is 0.371 e. The number of imidazole rings is 1. The molecule has 0 radical (unpaired) electrons. The molecule has 0 atom stereocenters. The van der Waals surface area contributed by atoms with E-state index in [0.717, 1.165) is 0 Å². The molecule has 0 bridgehead atoms. The van der Waals surface area contributed by atoms with Crippen molar-refractivity contribution in [3.63, 3.8) is 0 Å². The van der Waals surface area contributed by atoms with Gasteiger partial charge in [0, 0.05) is 0 Å². The Labute approximate surface area is 66.7 Å². The van der Waals surface area contributed by atoms with Gasteiger partial charge in [-0.3, -0.25) is 0 Å². The lowest BCUT2D eigenvalue weighted by Gasteiger charge is -1.80. The second-order valence-electron chi connectivity index (χ2n) is 1.84. The molecule has 1 aromatic rings. The van der Waals surface area contributed by atoms with Gasteiger partial charge in [0.25, 0.3) is 0 Å². The normalized spacial score (nSPS) is 8.50. The molecule has 1 aromatic heterocycles. The maximum atomic E-state index is 10.3. The molecule has 1 heterocycles. The number of carboxylic acid groups (broad SMARTS) is 1. The summed E-state index contributed by atoms with van der Waals surface area (Å²) in [6.45, 7) is 0. The van der Waals surface area contributed by atoms with Crippen LogP contribution in [0.25, 0.3) is 0 Å². The Morgan fingerprint density at radius 3 is 2.50 bits per heavy atom. The Bertz CT molecular complexity index is 375. The third kappa shape index (κ3) is 1.09. The van der Waals surface area contributed by atoms with Crippen LogP contribution in [-0.4, -0.2) is 21.0 Å². The molecule has 0 aliphatic carbocycles. The van der Waals surface area contributed by atoms with Crippen LogP contribution >= 0.6 is 0 Å². The van der Waals surface area contributed by atoms with Crippen LogP contribution in [-0.2, 0) is 0 Å². The molecule has 0 aromatic carbocycles. The first-order valence-electron chi connectivity index (χ1n) is 2.82. The Morgan fingerprint density at radius 2 is 2.17 bits per heavy atom. The lowest BCUT2D eigenvalue weighted by Crippen LogP contribution is -1.98. The molecule has 0 spiro atoms. The van der Waals surface area contributed by atoms with Crippen molar-refractivity contribution >= 4 is 5.97 Å². The zero-order chi connectivity index (χ0) is 9.14. The predicted octanol–water partition coefficient (Wildman–Crippen LogP) is -0.149. The molecule has 0 amide bonds. The lowest BCUT2D eigenvalue weighted by molar-refractivity contribution is 0.0684. The van der Waals surface area contributed by atoms with Crippen LogP contribution in [0.3, 0.4) is 0 Å². The highest BCUT2D eigenvalue weighted by molar-refractivity contribution is 5.83. The van der Waals surface area contributed by atoms with E-state index in [-0.39, 0.29) is 11.4 Å². The van der Waals surface area contributed by atoms with E-state index >= 15 is 0 Å². The average Bonchev–Trinajstić information content (AvgIpc) is 2.46. The van der Waals surface area contributed by atoms with Crippen LogP contribution in [0.1, 0.15) is 22.0 Å². The number of nitrogens with zero attached hydrogens (tertiary/aromatic N) is 3. The van der Waals surface area contributed by atoms with Crippen molar-refractivity contribution in [3.8, 4) is 12.1 Å². The fourth-order valence-electron chi connectivity index (χ4n) is 0.636. The second-order valence-corrected chi connectivity index (χ2v) is 1.84. The molecule has 0 saturated carbocycles. The quantitative estimate of drug-likeness (QED) is 0.596. The van der Waals surface area contributed by atoms with Gasteiger partial charge in [-0.1, -0.05) is 0 Å². The van der Waals surface area contributed by atoms with Gasteiger partial charge in [-0.05, 0) is 0 Å². The minimum absolute atomic E-state index is 0.130. The first-order valence-corrected chi connectivity index (χ1v) is 2.82. The summed E-state index contributed by atoms with van der Waals surface area (Å²) in [5, 5.41) is 25.1. The fourth-order valence-corrected chi connectivity index (χ4v) is 0.636. The van der Waals surface area contributed by atoms with Crippen LogP contribution < -0.4 is 0 Å². The third-order valence-electron chi connectivity index (χ3n) is 1.12. The van der Waals surface area contributed by atoms with Crippen molar-refractivity contribution in [2.45, 2.75) is 0 Å². The Balaban J connectivity index is 3.28. The van der Waals surface area contributed by atoms with Gasteiger partial charge >= 0.3 is 5.97 Å². The number of nitriles is 2. The highest BCUT2D eigenvalue weighted by atomic mass is 16.4. The first kappa shape index (κ1) is 7.76. The summed E-state index contributed by atoms with van der Waals surface area (Å²) in [5.74, 6) is -1.70. The fraction of sp³-hybridized carbons (Fsp3) is 0. The molecule has 6 heteroatoms. The standard InChI is InChI=1S/C6H2N4O2/c7-1-3-4(2-8)10-5(9-3)6(11)12/h(H,9,10)(H,11,12). The van der Waals surface area contributed by atoms with Crippen molar-refractivity contribution in [2.75, 3.05) is 0 Å². The molecule has 2 N–H and O–H groups in total. The van der Waals surface area contributed by atoms with E-state index < -0.39 is 11.8 Å². The summed E-state index contributed by atoms with van der Waals surface area (Å²) >= 11 is 0. The molecule has 58 valence electrons. The van der Waals surface area contributed by atoms with E-state index in [9.17, 15) is 4.79 Å². The topological polar surface area (TPSA) is 114 Å². The van der Waals surface area contributed by atoms with Gasteiger partial charge < -0.3 is 10.1 Å². The lowest BCUT2D eigenvalue weighted by atomic mass is 10.4. The summed E-state index contributed by atoms with van der Waals surface area (Å²) in [4.78, 5) is 15.8. The molecule has 0 aliphatic rings. The zero-order valence-corrected chi connectivity index (χ0v) is 5.70. The van der Waals surface area contributed by atoms with Gasteiger partial charge in [0.15, 0.2) is 11.4 Å². The van der Waals surface area contributed by atoms with Gasteiger partial charge in [0.2, 0.25) is 5.82 Å². The first-order chi connectivity index (χ1) is 5.69. The predicted molar refractivity (Wildman–Crippen MR) is 35.0 cm³/mol. The number of rotatable bonds is 1. The van der Waals surface area contributed by atoms with E-state index in [1.54, 1.807) is 12.1 Å². The minimum atomic E-state index is -1.30. The van der Waals surface area contributed by atoms with Crippen molar-refractivity contribution in [2.24, 2.45) is 0 Å². The van der Waals surface area contributed by atoms with E-state index in [1.165, 1.54) is 0 Å². The number of nitrogens with one attached hydrogen (secondary N) is 1. The van der Waals surface area contributed by atoms with E-state index in [0.29, 0.717) is 0 Å². The van der Waals surface area contributed by atoms with Crippen LogP contribution in [0.15, 0.2) is 0 Å². The second kappa shape index (κ2) is 2.72. The molecule has 6 nitrogen and oxygen atoms in total. The SMILES string of the molecule is N#Cc1nc(C(=O)O)[nH]c1C#N. The molecular formula is C6H2N4O2. The van der Waals surface area contributed by atoms with E-state index in [1.807, 2.05) is 0 Å². The van der Waals surface area contributed by atoms with Crippen molar-refractivity contribution in [1.29, 1.82) is 10.5 Å². The minimum Gasteiger partial charge on any atom is -0.475 e. The molecule has 0 saturated heterocycles. The largest absolute Gasteiger partial charge is 0.475 e. The Morgan fingerprint density at radius 1 is 1.50 bits per heavy atom. The van der Waals surface area contributed by atoms with Crippen molar-refractivity contribution in [1.82, 2.24) is 9.97 Å². The highest BCUT2D eigenvalue weighted by Crippen LogP contribution is 2.02. The molecule has 0 aliphatic heterocycles. The molecule has 12 heavy (non-hydrogen) atoms. The van der Waals surface area contributed by atoms with Gasteiger partial charge in [0.1, 0.15) is 12.1 Å². The summed E-state index contributed by atoms with van der Waals surface area (Å²) in [6, 6.07) is 3.21. The number of aromatic nitrogens is 2.